The largest absolute Gasteiger partial charge is 0.342 e. The van der Waals surface area contributed by atoms with Gasteiger partial charge in [-0.25, -0.2) is 9.37 Å². The Kier molecular flexibility index (Phi) is 3.50. The Balaban J connectivity index is 2.49. The van der Waals surface area contributed by atoms with Crippen molar-refractivity contribution in [1.82, 2.24) is 9.97 Å². The summed E-state index contributed by atoms with van der Waals surface area (Å²) in [6, 6.07) is 4.93. The van der Waals surface area contributed by atoms with Crippen LogP contribution >= 0.6 is 0 Å². The molecule has 0 amide bonds. The zero-order valence-electron chi connectivity index (χ0n) is 11.3. The van der Waals surface area contributed by atoms with Crippen molar-refractivity contribution in [2.24, 2.45) is 0 Å². The molecule has 0 fully saturated rings. The maximum absolute atomic E-state index is 13.3. The van der Waals surface area contributed by atoms with Gasteiger partial charge in [-0.2, -0.15) is 0 Å². The zero-order valence-corrected chi connectivity index (χ0v) is 11.3. The minimum atomic E-state index is -0.189. The third-order valence-electron chi connectivity index (χ3n) is 3.07. The smallest absolute Gasteiger partial charge is 0.123 e. The predicted molar refractivity (Wildman–Crippen MR) is 72.2 cm³/mol. The molecular weight excluding hydrogens is 227 g/mol. The van der Waals surface area contributed by atoms with Crippen LogP contribution in [0, 0.1) is 5.82 Å². The van der Waals surface area contributed by atoms with Crippen LogP contribution in [-0.2, 0) is 0 Å². The van der Waals surface area contributed by atoms with Crippen LogP contribution in [0.5, 0.6) is 0 Å². The number of imidazole rings is 1. The number of benzene rings is 1. The van der Waals surface area contributed by atoms with Crippen molar-refractivity contribution in [2.75, 3.05) is 0 Å². The van der Waals surface area contributed by atoms with E-state index in [4.69, 9.17) is 0 Å². The molecule has 2 rings (SSSR count). The second-order valence-corrected chi connectivity index (χ2v) is 5.22. The van der Waals surface area contributed by atoms with E-state index in [1.165, 1.54) is 6.07 Å². The van der Waals surface area contributed by atoms with Crippen LogP contribution in [0.2, 0.25) is 0 Å². The van der Waals surface area contributed by atoms with Gasteiger partial charge in [0.1, 0.15) is 11.6 Å². The van der Waals surface area contributed by atoms with E-state index in [0.29, 0.717) is 5.92 Å². The van der Waals surface area contributed by atoms with Crippen molar-refractivity contribution in [3.05, 3.63) is 41.6 Å². The standard InChI is InChI=1S/C15H19FN2/c1-9(2)13-7-11(16)5-6-12(13)14-8-17-15(18-14)10(3)4/h5-10H,1-4H3,(H,17,18). The normalized spacial score (nSPS) is 11.5. The highest BCUT2D eigenvalue weighted by Gasteiger charge is 2.13. The van der Waals surface area contributed by atoms with Crippen LogP contribution < -0.4 is 0 Å². The molecule has 0 radical (unpaired) electrons. The Hall–Kier alpha value is -1.64. The summed E-state index contributed by atoms with van der Waals surface area (Å²) in [4.78, 5) is 7.68. The lowest BCUT2D eigenvalue weighted by Crippen LogP contribution is -1.95. The van der Waals surface area contributed by atoms with Gasteiger partial charge in [-0.05, 0) is 29.7 Å². The fourth-order valence-electron chi connectivity index (χ4n) is 2.02. The van der Waals surface area contributed by atoms with E-state index in [1.54, 1.807) is 6.07 Å². The minimum Gasteiger partial charge on any atom is -0.342 e. The Labute approximate surface area is 107 Å². The molecule has 3 heteroatoms. The van der Waals surface area contributed by atoms with Crippen molar-refractivity contribution < 1.29 is 4.39 Å². The summed E-state index contributed by atoms with van der Waals surface area (Å²) >= 11 is 0. The summed E-state index contributed by atoms with van der Waals surface area (Å²) in [6.07, 6.45) is 1.83. The number of aromatic amines is 1. The number of nitrogens with one attached hydrogen (secondary N) is 1. The molecule has 1 heterocycles. The van der Waals surface area contributed by atoms with Crippen molar-refractivity contribution in [1.29, 1.82) is 0 Å². The summed E-state index contributed by atoms with van der Waals surface area (Å²) in [5.41, 5.74) is 3.00. The fraction of sp³-hybridized carbons (Fsp3) is 0.400. The Morgan fingerprint density at radius 1 is 1.11 bits per heavy atom. The first-order chi connectivity index (χ1) is 8.49. The molecule has 2 nitrogen and oxygen atoms in total. The molecule has 2 aromatic rings. The van der Waals surface area contributed by atoms with E-state index in [2.05, 4.69) is 37.7 Å². The van der Waals surface area contributed by atoms with Gasteiger partial charge >= 0.3 is 0 Å². The van der Waals surface area contributed by atoms with Gasteiger partial charge in [0.2, 0.25) is 0 Å². The highest BCUT2D eigenvalue weighted by atomic mass is 19.1. The highest BCUT2D eigenvalue weighted by molar-refractivity contribution is 5.64. The molecule has 0 aliphatic heterocycles. The van der Waals surface area contributed by atoms with Crippen LogP contribution in [0.25, 0.3) is 11.3 Å². The van der Waals surface area contributed by atoms with Crippen molar-refractivity contribution in [2.45, 2.75) is 39.5 Å². The van der Waals surface area contributed by atoms with Crippen LogP contribution in [0.3, 0.4) is 0 Å². The zero-order chi connectivity index (χ0) is 13.3. The number of nitrogens with zero attached hydrogens (tertiary/aromatic N) is 1. The molecule has 0 spiro atoms. The number of hydrogen-bond acceptors (Lipinski definition) is 1. The van der Waals surface area contributed by atoms with Gasteiger partial charge in [-0.3, -0.25) is 0 Å². The van der Waals surface area contributed by atoms with E-state index < -0.39 is 0 Å². The number of H-pyrrole nitrogens is 1. The number of hydrogen-bond donors (Lipinski definition) is 1. The molecule has 1 aromatic carbocycles. The first-order valence-corrected chi connectivity index (χ1v) is 6.33. The maximum Gasteiger partial charge on any atom is 0.123 e. The van der Waals surface area contributed by atoms with E-state index in [-0.39, 0.29) is 11.7 Å². The summed E-state index contributed by atoms with van der Waals surface area (Å²) in [5.74, 6) is 1.42. The number of halogens is 1. The van der Waals surface area contributed by atoms with Crippen LogP contribution in [-0.4, -0.2) is 9.97 Å². The minimum absolute atomic E-state index is 0.189. The molecule has 0 aliphatic rings. The molecule has 18 heavy (non-hydrogen) atoms. The van der Waals surface area contributed by atoms with Gasteiger partial charge in [0.25, 0.3) is 0 Å². The molecule has 0 unspecified atom stereocenters. The van der Waals surface area contributed by atoms with Gasteiger partial charge in [-0.1, -0.05) is 27.7 Å². The third-order valence-corrected chi connectivity index (χ3v) is 3.07. The summed E-state index contributed by atoms with van der Waals surface area (Å²) in [7, 11) is 0. The third kappa shape index (κ3) is 2.45. The molecular formula is C15H19FN2. The molecule has 0 aliphatic carbocycles. The van der Waals surface area contributed by atoms with Crippen molar-refractivity contribution >= 4 is 0 Å². The summed E-state index contributed by atoms with van der Waals surface area (Å²) in [6.45, 7) is 8.32. The van der Waals surface area contributed by atoms with Crippen LogP contribution in [0.1, 0.15) is 50.9 Å². The van der Waals surface area contributed by atoms with Gasteiger partial charge in [0, 0.05) is 11.5 Å². The molecule has 1 N–H and O–H groups in total. The monoisotopic (exact) mass is 246 g/mol. The van der Waals surface area contributed by atoms with Crippen LogP contribution in [0.15, 0.2) is 24.4 Å². The van der Waals surface area contributed by atoms with Gasteiger partial charge in [-0.15, -0.1) is 0 Å². The van der Waals surface area contributed by atoms with E-state index in [0.717, 1.165) is 22.6 Å². The second-order valence-electron chi connectivity index (χ2n) is 5.22. The van der Waals surface area contributed by atoms with Crippen molar-refractivity contribution in [3.8, 4) is 11.3 Å². The molecule has 1 aromatic heterocycles. The highest BCUT2D eigenvalue weighted by Crippen LogP contribution is 2.29. The van der Waals surface area contributed by atoms with Gasteiger partial charge in [0.05, 0.1) is 11.9 Å². The maximum atomic E-state index is 13.3. The lowest BCUT2D eigenvalue weighted by molar-refractivity contribution is 0.623. The van der Waals surface area contributed by atoms with Crippen molar-refractivity contribution in [3.63, 3.8) is 0 Å². The quantitative estimate of drug-likeness (QED) is 0.850. The molecule has 0 bridgehead atoms. The van der Waals surface area contributed by atoms with E-state index in [9.17, 15) is 4.39 Å². The van der Waals surface area contributed by atoms with E-state index in [1.807, 2.05) is 12.3 Å². The van der Waals surface area contributed by atoms with Gasteiger partial charge < -0.3 is 4.98 Å². The second kappa shape index (κ2) is 4.92. The van der Waals surface area contributed by atoms with Gasteiger partial charge in [0.15, 0.2) is 0 Å². The average molecular weight is 246 g/mol. The summed E-state index contributed by atoms with van der Waals surface area (Å²) in [5, 5.41) is 0. The lowest BCUT2D eigenvalue weighted by atomic mass is 9.95. The Morgan fingerprint density at radius 3 is 2.39 bits per heavy atom. The number of aromatic nitrogens is 2. The Bertz CT molecular complexity index is 541. The lowest BCUT2D eigenvalue weighted by Gasteiger charge is -2.11. The predicted octanol–water partition coefficient (Wildman–Crippen LogP) is 4.46. The molecule has 96 valence electrons. The summed E-state index contributed by atoms with van der Waals surface area (Å²) < 4.78 is 13.3. The Morgan fingerprint density at radius 2 is 1.83 bits per heavy atom. The molecule has 0 saturated heterocycles. The number of rotatable bonds is 3. The molecule has 0 atom stereocenters. The van der Waals surface area contributed by atoms with E-state index >= 15 is 0 Å². The first-order valence-electron chi connectivity index (χ1n) is 6.33. The first kappa shape index (κ1) is 12.8. The van der Waals surface area contributed by atoms with Crippen LogP contribution in [0.4, 0.5) is 4.39 Å². The topological polar surface area (TPSA) is 28.7 Å². The fourth-order valence-corrected chi connectivity index (χ4v) is 2.02. The molecule has 0 saturated carbocycles. The average Bonchev–Trinajstić information content (AvgIpc) is 2.78. The SMILES string of the molecule is CC(C)c1ncc(-c2ccc(F)cc2C(C)C)[nH]1.